The average molecular weight is 357 g/mol. The number of Topliss-reactive ketones (excluding diaryl/α,β-unsaturated/α-hetero) is 1. The largest absolute Gasteiger partial charge is 0.497 e. The van der Waals surface area contributed by atoms with E-state index in [0.717, 1.165) is 0 Å². The number of ketones is 1. The molecular weight excluding hydrogens is 338 g/mol. The van der Waals surface area contributed by atoms with Gasteiger partial charge in [-0.2, -0.15) is 0 Å². The second-order valence-electron chi connectivity index (χ2n) is 5.37. The van der Waals surface area contributed by atoms with Crippen LogP contribution in [0.3, 0.4) is 0 Å². The molecule has 0 saturated carbocycles. The molecule has 26 heavy (non-hydrogen) atoms. The molecule has 1 N–H and O–H groups in total. The monoisotopic (exact) mass is 357 g/mol. The van der Waals surface area contributed by atoms with Gasteiger partial charge >= 0.3 is 5.97 Å². The Morgan fingerprint density at radius 2 is 1.69 bits per heavy atom. The minimum atomic E-state index is -0.595. The molecule has 136 valence electrons. The summed E-state index contributed by atoms with van der Waals surface area (Å²) in [6.07, 6.45) is 0. The summed E-state index contributed by atoms with van der Waals surface area (Å²) in [7, 11) is 1.55. The van der Waals surface area contributed by atoms with E-state index in [0.29, 0.717) is 22.7 Å². The first-order valence-electron chi connectivity index (χ1n) is 7.81. The molecule has 2 aromatic rings. The van der Waals surface area contributed by atoms with Crippen molar-refractivity contribution in [1.29, 1.82) is 0 Å². The number of benzene rings is 2. The third kappa shape index (κ3) is 5.94. The van der Waals surface area contributed by atoms with Crippen LogP contribution in [-0.2, 0) is 14.3 Å². The number of nitrogens with one attached hydrogen (secondary N) is 1. The van der Waals surface area contributed by atoms with Gasteiger partial charge in [-0.15, -0.1) is 0 Å². The molecule has 0 aliphatic heterocycles. The van der Waals surface area contributed by atoms with E-state index in [1.807, 2.05) is 0 Å². The Kier molecular flexibility index (Phi) is 6.73. The number of carbonyl (C=O) groups excluding carboxylic acids is 3. The van der Waals surface area contributed by atoms with Crippen LogP contribution in [0.4, 0.5) is 5.69 Å². The molecule has 0 unspecified atom stereocenters. The summed E-state index contributed by atoms with van der Waals surface area (Å²) in [6, 6.07) is 13.1. The molecule has 0 heterocycles. The van der Waals surface area contributed by atoms with Crippen LogP contribution in [0.15, 0.2) is 48.5 Å². The highest BCUT2D eigenvalue weighted by Crippen LogP contribution is 2.17. The number of hydrogen-bond donors (Lipinski definition) is 1. The van der Waals surface area contributed by atoms with Gasteiger partial charge < -0.3 is 19.5 Å². The summed E-state index contributed by atoms with van der Waals surface area (Å²) in [6.45, 7) is 0.883. The number of amides is 1. The van der Waals surface area contributed by atoms with Gasteiger partial charge in [0, 0.05) is 11.8 Å². The zero-order valence-electron chi connectivity index (χ0n) is 14.5. The summed E-state index contributed by atoms with van der Waals surface area (Å²) < 4.78 is 15.3. The SMILES string of the molecule is COc1cccc(NC(=O)COc2ccc(C(=O)OCC(C)=O)cc2)c1. The molecule has 0 fully saturated rings. The lowest BCUT2D eigenvalue weighted by Gasteiger charge is -2.09. The van der Waals surface area contributed by atoms with E-state index in [1.54, 1.807) is 43.5 Å². The number of ether oxygens (including phenoxy) is 3. The standard InChI is InChI=1S/C19H19NO6/c1-13(21)11-26-19(23)14-6-8-16(9-7-14)25-12-18(22)20-15-4-3-5-17(10-15)24-2/h3-10H,11-12H2,1-2H3,(H,20,22). The highest BCUT2D eigenvalue weighted by molar-refractivity contribution is 5.92. The minimum Gasteiger partial charge on any atom is -0.497 e. The maximum Gasteiger partial charge on any atom is 0.338 e. The Morgan fingerprint density at radius 3 is 2.35 bits per heavy atom. The third-order valence-corrected chi connectivity index (χ3v) is 3.22. The van der Waals surface area contributed by atoms with Gasteiger partial charge in [0.2, 0.25) is 0 Å². The van der Waals surface area contributed by atoms with Crippen molar-refractivity contribution in [2.45, 2.75) is 6.92 Å². The summed E-state index contributed by atoms with van der Waals surface area (Å²) in [5.41, 5.74) is 0.890. The quantitative estimate of drug-likeness (QED) is 0.730. The smallest absolute Gasteiger partial charge is 0.338 e. The van der Waals surface area contributed by atoms with Gasteiger partial charge in [-0.25, -0.2) is 4.79 Å². The summed E-state index contributed by atoms with van der Waals surface area (Å²) in [5.74, 6) is -0.101. The van der Waals surface area contributed by atoms with Gasteiger partial charge in [0.15, 0.2) is 12.4 Å². The second-order valence-corrected chi connectivity index (χ2v) is 5.37. The fourth-order valence-corrected chi connectivity index (χ4v) is 1.98. The molecule has 7 nitrogen and oxygen atoms in total. The molecule has 2 aromatic carbocycles. The van der Waals surface area contributed by atoms with Gasteiger partial charge in [0.1, 0.15) is 18.1 Å². The number of methoxy groups -OCH3 is 1. The fraction of sp³-hybridized carbons (Fsp3) is 0.211. The molecule has 2 rings (SSSR count). The Labute approximate surface area is 150 Å². The van der Waals surface area contributed by atoms with Crippen LogP contribution >= 0.6 is 0 Å². The van der Waals surface area contributed by atoms with Crippen molar-refractivity contribution in [3.05, 3.63) is 54.1 Å². The predicted octanol–water partition coefficient (Wildman–Crippen LogP) is 2.46. The van der Waals surface area contributed by atoms with E-state index in [4.69, 9.17) is 14.2 Å². The van der Waals surface area contributed by atoms with Gasteiger partial charge in [-0.3, -0.25) is 9.59 Å². The van der Waals surface area contributed by atoms with Crippen molar-refractivity contribution >= 4 is 23.3 Å². The first kappa shape index (κ1) is 19.0. The first-order valence-corrected chi connectivity index (χ1v) is 7.81. The van der Waals surface area contributed by atoms with Crippen molar-refractivity contribution in [2.75, 3.05) is 25.6 Å². The second kappa shape index (κ2) is 9.22. The van der Waals surface area contributed by atoms with Crippen LogP contribution in [0.1, 0.15) is 17.3 Å². The number of rotatable bonds is 8. The minimum absolute atomic E-state index is 0.189. The van der Waals surface area contributed by atoms with Gasteiger partial charge in [0.05, 0.1) is 12.7 Å². The zero-order valence-corrected chi connectivity index (χ0v) is 14.5. The molecule has 1 amide bonds. The van der Waals surface area contributed by atoms with Crippen LogP contribution in [0.2, 0.25) is 0 Å². The molecule has 0 saturated heterocycles. The zero-order chi connectivity index (χ0) is 18.9. The van der Waals surface area contributed by atoms with Crippen molar-refractivity contribution in [3.63, 3.8) is 0 Å². The first-order chi connectivity index (χ1) is 12.5. The number of esters is 1. The average Bonchev–Trinajstić information content (AvgIpc) is 2.65. The Bertz CT molecular complexity index is 785. The molecule has 0 atom stereocenters. The van der Waals surface area contributed by atoms with Gasteiger partial charge in [-0.05, 0) is 43.3 Å². The molecule has 0 aromatic heterocycles. The van der Waals surface area contributed by atoms with E-state index >= 15 is 0 Å². The van der Waals surface area contributed by atoms with E-state index in [1.165, 1.54) is 19.1 Å². The van der Waals surface area contributed by atoms with E-state index in [2.05, 4.69) is 5.32 Å². The molecule has 0 bridgehead atoms. The summed E-state index contributed by atoms with van der Waals surface area (Å²) >= 11 is 0. The molecule has 7 heteroatoms. The fourth-order valence-electron chi connectivity index (χ4n) is 1.98. The summed E-state index contributed by atoms with van der Waals surface area (Å²) in [5, 5.41) is 2.69. The van der Waals surface area contributed by atoms with Crippen molar-refractivity contribution in [3.8, 4) is 11.5 Å². The lowest BCUT2D eigenvalue weighted by Crippen LogP contribution is -2.20. The number of carbonyl (C=O) groups is 3. The van der Waals surface area contributed by atoms with Gasteiger partial charge in [-0.1, -0.05) is 6.07 Å². The van der Waals surface area contributed by atoms with Crippen LogP contribution < -0.4 is 14.8 Å². The highest BCUT2D eigenvalue weighted by Gasteiger charge is 2.09. The number of hydrogen-bond acceptors (Lipinski definition) is 6. The van der Waals surface area contributed by atoms with Crippen LogP contribution in [0.5, 0.6) is 11.5 Å². The highest BCUT2D eigenvalue weighted by atomic mass is 16.5. The predicted molar refractivity (Wildman–Crippen MR) is 94.5 cm³/mol. The van der Waals surface area contributed by atoms with Crippen LogP contribution in [0.25, 0.3) is 0 Å². The molecule has 0 radical (unpaired) electrons. The summed E-state index contributed by atoms with van der Waals surface area (Å²) in [4.78, 5) is 34.4. The van der Waals surface area contributed by atoms with E-state index < -0.39 is 5.97 Å². The lowest BCUT2D eigenvalue weighted by molar-refractivity contribution is -0.120. The Morgan fingerprint density at radius 1 is 0.962 bits per heavy atom. The van der Waals surface area contributed by atoms with E-state index in [9.17, 15) is 14.4 Å². The maximum absolute atomic E-state index is 11.9. The Hall–Kier alpha value is -3.35. The molecular formula is C19H19NO6. The van der Waals surface area contributed by atoms with Crippen LogP contribution in [-0.4, -0.2) is 38.0 Å². The normalized spacial score (nSPS) is 9.92. The topological polar surface area (TPSA) is 90.9 Å². The Balaban J connectivity index is 1.84. The lowest BCUT2D eigenvalue weighted by atomic mass is 10.2. The molecule has 0 aliphatic carbocycles. The molecule has 0 spiro atoms. The van der Waals surface area contributed by atoms with Crippen molar-refractivity contribution < 1.29 is 28.6 Å². The van der Waals surface area contributed by atoms with Crippen molar-refractivity contribution in [1.82, 2.24) is 0 Å². The van der Waals surface area contributed by atoms with E-state index in [-0.39, 0.29) is 24.9 Å². The van der Waals surface area contributed by atoms with Gasteiger partial charge in [0.25, 0.3) is 5.91 Å². The van der Waals surface area contributed by atoms with Crippen LogP contribution in [0, 0.1) is 0 Å². The van der Waals surface area contributed by atoms with Crippen molar-refractivity contribution in [2.24, 2.45) is 0 Å². The maximum atomic E-state index is 11.9. The third-order valence-electron chi connectivity index (χ3n) is 3.22. The molecule has 0 aliphatic rings. The number of anilines is 1.